The lowest BCUT2D eigenvalue weighted by Gasteiger charge is -2.32. The summed E-state index contributed by atoms with van der Waals surface area (Å²) in [5, 5.41) is 2.89. The standard InChI is InChI=1S/C19H23BN2O3/c1-13-8-7-11-21-16(13)17(23)22-15-10-6-9-14(12-15)20-24-18(2,3)19(4,5)25-20/h6-12H,1-5H3,(H,22,23). The second-order valence-electron chi connectivity index (χ2n) is 7.34. The molecule has 0 spiro atoms. The SMILES string of the molecule is Cc1cccnc1C(=O)Nc1cccc(B2OC(C)(C)C(C)(C)O2)c1. The molecule has 3 rings (SSSR count). The summed E-state index contributed by atoms with van der Waals surface area (Å²) >= 11 is 0. The van der Waals surface area contributed by atoms with Crippen LogP contribution < -0.4 is 10.8 Å². The second-order valence-corrected chi connectivity index (χ2v) is 7.34. The summed E-state index contributed by atoms with van der Waals surface area (Å²) in [4.78, 5) is 16.6. The van der Waals surface area contributed by atoms with Gasteiger partial charge in [-0.05, 0) is 63.8 Å². The highest BCUT2D eigenvalue weighted by Gasteiger charge is 2.51. The molecule has 1 aromatic heterocycles. The summed E-state index contributed by atoms with van der Waals surface area (Å²) in [5.41, 5.74) is 2.01. The van der Waals surface area contributed by atoms with Gasteiger partial charge in [0.1, 0.15) is 5.69 Å². The van der Waals surface area contributed by atoms with Gasteiger partial charge >= 0.3 is 7.12 Å². The van der Waals surface area contributed by atoms with Crippen molar-refractivity contribution in [2.45, 2.75) is 45.8 Å². The summed E-state index contributed by atoms with van der Waals surface area (Å²) in [7, 11) is -0.460. The number of hydrogen-bond donors (Lipinski definition) is 1. The van der Waals surface area contributed by atoms with E-state index in [1.807, 2.05) is 71.0 Å². The molecule has 1 aliphatic rings. The van der Waals surface area contributed by atoms with Crippen LogP contribution in [0.2, 0.25) is 0 Å². The van der Waals surface area contributed by atoms with Gasteiger partial charge in [0, 0.05) is 11.9 Å². The van der Waals surface area contributed by atoms with Crippen LogP contribution in [0.15, 0.2) is 42.6 Å². The second kappa shape index (κ2) is 6.28. The molecule has 25 heavy (non-hydrogen) atoms. The fourth-order valence-electron chi connectivity index (χ4n) is 2.66. The Morgan fingerprint density at radius 3 is 2.40 bits per heavy atom. The van der Waals surface area contributed by atoms with Gasteiger partial charge in [-0.15, -0.1) is 0 Å². The van der Waals surface area contributed by atoms with E-state index >= 15 is 0 Å². The van der Waals surface area contributed by atoms with E-state index in [1.165, 1.54) is 0 Å². The maximum Gasteiger partial charge on any atom is 0.494 e. The van der Waals surface area contributed by atoms with E-state index in [1.54, 1.807) is 6.20 Å². The number of pyridine rings is 1. The highest BCUT2D eigenvalue weighted by Crippen LogP contribution is 2.36. The molecular weight excluding hydrogens is 315 g/mol. The van der Waals surface area contributed by atoms with E-state index in [2.05, 4.69) is 10.3 Å². The van der Waals surface area contributed by atoms with E-state index in [0.717, 1.165) is 11.0 Å². The Labute approximate surface area is 148 Å². The molecule has 5 nitrogen and oxygen atoms in total. The molecule has 0 radical (unpaired) electrons. The third kappa shape index (κ3) is 3.46. The minimum atomic E-state index is -0.460. The number of hydrogen-bond acceptors (Lipinski definition) is 4. The predicted molar refractivity (Wildman–Crippen MR) is 99.1 cm³/mol. The zero-order valence-corrected chi connectivity index (χ0v) is 15.3. The minimum Gasteiger partial charge on any atom is -0.399 e. The van der Waals surface area contributed by atoms with E-state index in [0.29, 0.717) is 11.4 Å². The number of rotatable bonds is 3. The largest absolute Gasteiger partial charge is 0.494 e. The molecule has 1 saturated heterocycles. The van der Waals surface area contributed by atoms with Crippen molar-refractivity contribution in [3.63, 3.8) is 0 Å². The molecule has 1 aliphatic heterocycles. The lowest BCUT2D eigenvalue weighted by molar-refractivity contribution is 0.00578. The van der Waals surface area contributed by atoms with Gasteiger partial charge < -0.3 is 14.6 Å². The number of benzene rings is 1. The zero-order valence-electron chi connectivity index (χ0n) is 15.3. The van der Waals surface area contributed by atoms with Gasteiger partial charge in [-0.1, -0.05) is 18.2 Å². The average Bonchev–Trinajstić information content (AvgIpc) is 2.76. The van der Waals surface area contributed by atoms with E-state index < -0.39 is 18.3 Å². The molecule has 0 aliphatic carbocycles. The van der Waals surface area contributed by atoms with Crippen LogP contribution >= 0.6 is 0 Å². The van der Waals surface area contributed by atoms with Gasteiger partial charge in [-0.25, -0.2) is 0 Å². The quantitative estimate of drug-likeness (QED) is 0.874. The molecule has 1 N–H and O–H groups in total. The highest BCUT2D eigenvalue weighted by atomic mass is 16.7. The lowest BCUT2D eigenvalue weighted by Crippen LogP contribution is -2.41. The Morgan fingerprint density at radius 1 is 1.08 bits per heavy atom. The molecule has 130 valence electrons. The van der Waals surface area contributed by atoms with Crippen LogP contribution in [0, 0.1) is 6.92 Å². The zero-order chi connectivity index (χ0) is 18.2. The van der Waals surface area contributed by atoms with Crippen molar-refractivity contribution in [1.29, 1.82) is 0 Å². The Kier molecular flexibility index (Phi) is 4.43. The van der Waals surface area contributed by atoms with Crippen LogP contribution in [-0.2, 0) is 9.31 Å². The Hall–Kier alpha value is -2.18. The topological polar surface area (TPSA) is 60.5 Å². The van der Waals surface area contributed by atoms with Gasteiger partial charge in [-0.3, -0.25) is 9.78 Å². The van der Waals surface area contributed by atoms with Gasteiger partial charge in [-0.2, -0.15) is 0 Å². The number of carbonyl (C=O) groups is 1. The number of nitrogens with zero attached hydrogens (tertiary/aromatic N) is 1. The summed E-state index contributed by atoms with van der Waals surface area (Å²) in [6.07, 6.45) is 1.61. The molecule has 2 heterocycles. The van der Waals surface area contributed by atoms with Crippen LogP contribution in [0.4, 0.5) is 5.69 Å². The molecule has 2 aromatic rings. The molecule has 1 aromatic carbocycles. The maximum absolute atomic E-state index is 12.4. The first-order valence-corrected chi connectivity index (χ1v) is 8.38. The van der Waals surface area contributed by atoms with Crippen LogP contribution in [0.25, 0.3) is 0 Å². The molecule has 0 unspecified atom stereocenters. The predicted octanol–water partition coefficient (Wildman–Crippen LogP) is 2.94. The van der Waals surface area contributed by atoms with E-state index in [9.17, 15) is 4.79 Å². The van der Waals surface area contributed by atoms with Gasteiger partial charge in [0.15, 0.2) is 0 Å². The highest BCUT2D eigenvalue weighted by molar-refractivity contribution is 6.62. The van der Waals surface area contributed by atoms with Crippen molar-refractivity contribution in [2.75, 3.05) is 5.32 Å². The van der Waals surface area contributed by atoms with Crippen LogP contribution in [0.1, 0.15) is 43.7 Å². The van der Waals surface area contributed by atoms with Crippen molar-refractivity contribution < 1.29 is 14.1 Å². The molecule has 6 heteroatoms. The summed E-state index contributed by atoms with van der Waals surface area (Å²) in [6.45, 7) is 9.93. The van der Waals surface area contributed by atoms with Gasteiger partial charge in [0.25, 0.3) is 5.91 Å². The number of carbonyl (C=O) groups excluding carboxylic acids is 1. The Morgan fingerprint density at radius 2 is 1.76 bits per heavy atom. The number of aryl methyl sites for hydroxylation is 1. The molecule has 0 bridgehead atoms. The van der Waals surface area contributed by atoms with Gasteiger partial charge in [0.05, 0.1) is 11.2 Å². The molecule has 1 fully saturated rings. The summed E-state index contributed by atoms with van der Waals surface area (Å²) < 4.78 is 12.1. The lowest BCUT2D eigenvalue weighted by atomic mass is 9.79. The Bertz CT molecular complexity index is 789. The van der Waals surface area contributed by atoms with E-state index in [-0.39, 0.29) is 5.91 Å². The van der Waals surface area contributed by atoms with Crippen molar-refractivity contribution in [2.24, 2.45) is 0 Å². The normalized spacial score (nSPS) is 18.2. The third-order valence-corrected chi connectivity index (χ3v) is 4.89. The molecule has 0 atom stereocenters. The average molecular weight is 338 g/mol. The maximum atomic E-state index is 12.4. The molecule has 1 amide bonds. The van der Waals surface area contributed by atoms with Gasteiger partial charge in [0.2, 0.25) is 0 Å². The van der Waals surface area contributed by atoms with E-state index in [4.69, 9.17) is 9.31 Å². The van der Waals surface area contributed by atoms with Crippen LogP contribution in [-0.4, -0.2) is 29.2 Å². The summed E-state index contributed by atoms with van der Waals surface area (Å²) in [5.74, 6) is -0.232. The monoisotopic (exact) mass is 338 g/mol. The number of anilines is 1. The fraction of sp³-hybridized carbons (Fsp3) is 0.368. The number of nitrogens with one attached hydrogen (secondary N) is 1. The van der Waals surface area contributed by atoms with Crippen LogP contribution in [0.3, 0.4) is 0 Å². The summed E-state index contributed by atoms with van der Waals surface area (Å²) in [6, 6.07) is 11.2. The molecule has 0 saturated carbocycles. The first kappa shape index (κ1) is 17.6. The van der Waals surface area contributed by atoms with Crippen molar-refractivity contribution in [3.8, 4) is 0 Å². The third-order valence-electron chi connectivity index (χ3n) is 4.89. The van der Waals surface area contributed by atoms with Crippen LogP contribution in [0.5, 0.6) is 0 Å². The van der Waals surface area contributed by atoms with Crippen molar-refractivity contribution in [3.05, 3.63) is 53.9 Å². The Balaban J connectivity index is 1.79. The number of amides is 1. The number of aromatic nitrogens is 1. The van der Waals surface area contributed by atoms with Crippen molar-refractivity contribution >= 4 is 24.2 Å². The minimum absolute atomic E-state index is 0.232. The molecular formula is C19H23BN2O3. The first-order chi connectivity index (χ1) is 11.7. The first-order valence-electron chi connectivity index (χ1n) is 8.38. The fourth-order valence-corrected chi connectivity index (χ4v) is 2.66. The smallest absolute Gasteiger partial charge is 0.399 e. The van der Waals surface area contributed by atoms with Crippen molar-refractivity contribution in [1.82, 2.24) is 4.98 Å².